The van der Waals surface area contributed by atoms with E-state index in [0.717, 1.165) is 39.6 Å². The van der Waals surface area contributed by atoms with Crippen molar-refractivity contribution in [1.29, 1.82) is 0 Å². The zero-order valence-corrected chi connectivity index (χ0v) is 16.9. The lowest BCUT2D eigenvalue weighted by atomic mass is 9.89. The second kappa shape index (κ2) is 7.93. The van der Waals surface area contributed by atoms with Crippen LogP contribution in [0.2, 0.25) is 5.02 Å². The van der Waals surface area contributed by atoms with Gasteiger partial charge in [0.1, 0.15) is 11.4 Å². The SMILES string of the molecule is Cc1ccc2c(c1)OC(C)(C)CC2NC(=O)CSCc1cccc(Cl)c1. The summed E-state index contributed by atoms with van der Waals surface area (Å²) in [5, 5.41) is 3.91. The lowest BCUT2D eigenvalue weighted by molar-refractivity contribution is -0.119. The fraction of sp³-hybridized carbons (Fsp3) is 0.381. The topological polar surface area (TPSA) is 38.3 Å². The first-order valence-corrected chi connectivity index (χ1v) is 10.3. The molecule has 138 valence electrons. The van der Waals surface area contributed by atoms with E-state index < -0.39 is 0 Å². The Bertz CT molecular complexity index is 806. The maximum atomic E-state index is 12.5. The third kappa shape index (κ3) is 4.95. The van der Waals surface area contributed by atoms with Crippen LogP contribution in [0.5, 0.6) is 5.75 Å². The van der Waals surface area contributed by atoms with E-state index in [0.29, 0.717) is 5.75 Å². The van der Waals surface area contributed by atoms with Crippen LogP contribution in [0.25, 0.3) is 0 Å². The largest absolute Gasteiger partial charge is 0.487 e. The zero-order valence-electron chi connectivity index (χ0n) is 15.3. The normalized spacial score (nSPS) is 17.9. The number of aryl methyl sites for hydroxylation is 1. The summed E-state index contributed by atoms with van der Waals surface area (Å²) in [6, 6.07) is 13.9. The van der Waals surface area contributed by atoms with Gasteiger partial charge in [-0.1, -0.05) is 35.9 Å². The van der Waals surface area contributed by atoms with Gasteiger partial charge in [0.2, 0.25) is 5.91 Å². The molecule has 0 aromatic heterocycles. The van der Waals surface area contributed by atoms with E-state index >= 15 is 0 Å². The molecule has 1 unspecified atom stereocenters. The first kappa shape index (κ1) is 19.1. The Labute approximate surface area is 164 Å². The van der Waals surface area contributed by atoms with Gasteiger partial charge >= 0.3 is 0 Å². The molecule has 0 spiro atoms. The first-order valence-electron chi connectivity index (χ1n) is 8.73. The van der Waals surface area contributed by atoms with Crippen molar-refractivity contribution in [2.45, 2.75) is 44.6 Å². The molecule has 0 radical (unpaired) electrons. The van der Waals surface area contributed by atoms with Crippen LogP contribution in [-0.2, 0) is 10.5 Å². The average Bonchev–Trinajstić information content (AvgIpc) is 2.53. The maximum absolute atomic E-state index is 12.5. The molecule has 0 aliphatic carbocycles. The second-order valence-electron chi connectivity index (χ2n) is 7.35. The number of hydrogen-bond acceptors (Lipinski definition) is 3. The molecule has 1 N–H and O–H groups in total. The number of nitrogens with one attached hydrogen (secondary N) is 1. The molecule has 3 rings (SSSR count). The van der Waals surface area contributed by atoms with Gasteiger partial charge in [-0.3, -0.25) is 4.79 Å². The van der Waals surface area contributed by atoms with Crippen molar-refractivity contribution in [2.75, 3.05) is 5.75 Å². The Morgan fingerprint density at radius 2 is 2.12 bits per heavy atom. The van der Waals surface area contributed by atoms with Crippen LogP contribution in [0, 0.1) is 6.92 Å². The van der Waals surface area contributed by atoms with E-state index in [1.165, 1.54) is 0 Å². The number of fused-ring (bicyclic) bond motifs is 1. The van der Waals surface area contributed by atoms with Crippen molar-refractivity contribution >= 4 is 29.3 Å². The minimum absolute atomic E-state index is 0.0198. The quantitative estimate of drug-likeness (QED) is 0.753. The number of ether oxygens (including phenoxy) is 1. The molecular weight excluding hydrogens is 366 g/mol. The molecule has 1 heterocycles. The molecule has 0 bridgehead atoms. The monoisotopic (exact) mass is 389 g/mol. The van der Waals surface area contributed by atoms with Gasteiger partial charge < -0.3 is 10.1 Å². The Morgan fingerprint density at radius 1 is 1.31 bits per heavy atom. The van der Waals surface area contributed by atoms with Crippen LogP contribution >= 0.6 is 23.4 Å². The predicted octanol–water partition coefficient (Wildman–Crippen LogP) is 5.30. The number of hydrogen-bond donors (Lipinski definition) is 1. The average molecular weight is 390 g/mol. The van der Waals surface area contributed by atoms with Gasteiger partial charge in [0.25, 0.3) is 0 Å². The molecule has 1 amide bonds. The molecule has 2 aromatic carbocycles. The summed E-state index contributed by atoms with van der Waals surface area (Å²) < 4.78 is 6.09. The Balaban J connectivity index is 1.60. The van der Waals surface area contributed by atoms with E-state index in [4.69, 9.17) is 16.3 Å². The lowest BCUT2D eigenvalue weighted by Gasteiger charge is -2.38. The van der Waals surface area contributed by atoms with Crippen molar-refractivity contribution in [3.05, 3.63) is 64.2 Å². The zero-order chi connectivity index (χ0) is 18.7. The summed E-state index contributed by atoms with van der Waals surface area (Å²) >= 11 is 7.59. The molecule has 0 saturated carbocycles. The fourth-order valence-electron chi connectivity index (χ4n) is 3.21. The molecule has 0 saturated heterocycles. The number of carbonyl (C=O) groups is 1. The van der Waals surface area contributed by atoms with Gasteiger partial charge in [0.15, 0.2) is 0 Å². The third-order valence-electron chi connectivity index (χ3n) is 4.35. The molecular formula is C21H24ClNO2S. The molecule has 1 atom stereocenters. The van der Waals surface area contributed by atoms with Crippen molar-refractivity contribution in [3.63, 3.8) is 0 Å². The summed E-state index contributed by atoms with van der Waals surface area (Å²) in [6.07, 6.45) is 0.758. The summed E-state index contributed by atoms with van der Waals surface area (Å²) in [6.45, 7) is 6.17. The Hall–Kier alpha value is -1.65. The van der Waals surface area contributed by atoms with Crippen LogP contribution < -0.4 is 10.1 Å². The molecule has 26 heavy (non-hydrogen) atoms. The summed E-state index contributed by atoms with van der Waals surface area (Å²) in [7, 11) is 0. The number of halogens is 1. The van der Waals surface area contributed by atoms with E-state index in [1.54, 1.807) is 11.8 Å². The first-order chi connectivity index (χ1) is 12.3. The molecule has 1 aliphatic rings. The number of thioether (sulfide) groups is 1. The lowest BCUT2D eigenvalue weighted by Crippen LogP contribution is -2.41. The fourth-order valence-corrected chi connectivity index (χ4v) is 4.21. The highest BCUT2D eigenvalue weighted by atomic mass is 35.5. The standard InChI is InChI=1S/C21H24ClNO2S/c1-14-7-8-17-18(11-21(2,3)25-19(17)9-14)23-20(24)13-26-12-15-5-4-6-16(22)10-15/h4-10,18H,11-13H2,1-3H3,(H,23,24). The van der Waals surface area contributed by atoms with Crippen molar-refractivity contribution in [1.82, 2.24) is 5.32 Å². The highest BCUT2D eigenvalue weighted by Gasteiger charge is 2.34. The van der Waals surface area contributed by atoms with Crippen molar-refractivity contribution < 1.29 is 9.53 Å². The number of carbonyl (C=O) groups excluding carboxylic acids is 1. The molecule has 5 heteroatoms. The summed E-state index contributed by atoms with van der Waals surface area (Å²) in [5.41, 5.74) is 3.04. The highest BCUT2D eigenvalue weighted by molar-refractivity contribution is 7.99. The van der Waals surface area contributed by atoms with Crippen LogP contribution in [-0.4, -0.2) is 17.3 Å². The molecule has 2 aromatic rings. The second-order valence-corrected chi connectivity index (χ2v) is 8.77. The minimum atomic E-state index is -0.299. The Kier molecular flexibility index (Phi) is 5.83. The van der Waals surface area contributed by atoms with Crippen LogP contribution in [0.3, 0.4) is 0 Å². The van der Waals surface area contributed by atoms with Gasteiger partial charge in [-0.15, -0.1) is 11.8 Å². The van der Waals surface area contributed by atoms with E-state index in [1.807, 2.05) is 37.3 Å². The summed E-state index contributed by atoms with van der Waals surface area (Å²) in [4.78, 5) is 12.5. The molecule has 0 fully saturated rings. The summed E-state index contributed by atoms with van der Waals surface area (Å²) in [5.74, 6) is 2.11. The van der Waals surface area contributed by atoms with Crippen LogP contribution in [0.15, 0.2) is 42.5 Å². The minimum Gasteiger partial charge on any atom is -0.487 e. The van der Waals surface area contributed by atoms with E-state index in [2.05, 4.69) is 31.3 Å². The van der Waals surface area contributed by atoms with Gasteiger partial charge in [-0.05, 0) is 50.1 Å². The number of rotatable bonds is 5. The van der Waals surface area contributed by atoms with Crippen LogP contribution in [0.4, 0.5) is 0 Å². The number of amides is 1. The van der Waals surface area contributed by atoms with E-state index in [-0.39, 0.29) is 17.6 Å². The van der Waals surface area contributed by atoms with Gasteiger partial charge in [-0.25, -0.2) is 0 Å². The number of benzene rings is 2. The van der Waals surface area contributed by atoms with E-state index in [9.17, 15) is 4.79 Å². The van der Waals surface area contributed by atoms with Gasteiger partial charge in [0.05, 0.1) is 11.8 Å². The molecule has 1 aliphatic heterocycles. The van der Waals surface area contributed by atoms with Gasteiger partial charge in [-0.2, -0.15) is 0 Å². The smallest absolute Gasteiger partial charge is 0.230 e. The van der Waals surface area contributed by atoms with Crippen molar-refractivity contribution in [3.8, 4) is 5.75 Å². The van der Waals surface area contributed by atoms with Crippen LogP contribution in [0.1, 0.15) is 43.0 Å². The highest BCUT2D eigenvalue weighted by Crippen LogP contribution is 2.39. The van der Waals surface area contributed by atoms with Gasteiger partial charge in [0, 0.05) is 22.8 Å². The van der Waals surface area contributed by atoms with Crippen molar-refractivity contribution in [2.24, 2.45) is 0 Å². The predicted molar refractivity (Wildman–Crippen MR) is 109 cm³/mol. The third-order valence-corrected chi connectivity index (χ3v) is 5.59. The molecule has 3 nitrogen and oxygen atoms in total. The maximum Gasteiger partial charge on any atom is 0.230 e. The Morgan fingerprint density at radius 3 is 2.88 bits per heavy atom.